The van der Waals surface area contributed by atoms with Crippen LogP contribution in [-0.4, -0.2) is 49.5 Å². The molecule has 7 heteroatoms. The highest BCUT2D eigenvalue weighted by molar-refractivity contribution is 6.33. The van der Waals surface area contributed by atoms with Crippen LogP contribution < -0.4 is 0 Å². The fourth-order valence-corrected chi connectivity index (χ4v) is 6.59. The lowest BCUT2D eigenvalue weighted by Crippen LogP contribution is -2.66. The molecular weight excluding hydrogens is 496 g/mol. The normalized spacial score (nSPS) is 28.5. The number of rotatable bonds is 4. The molecule has 5 atom stereocenters. The number of fused-ring (bicyclic) bond motifs is 3. The van der Waals surface area contributed by atoms with Crippen LogP contribution in [0.2, 0.25) is 0 Å². The molecule has 4 N–H and O–H groups in total. The number of allylic oxidation sites excluding steroid dienone is 1. The zero-order valence-electron chi connectivity index (χ0n) is 22.4. The molecule has 7 nitrogen and oxygen atoms in total. The van der Waals surface area contributed by atoms with Crippen molar-refractivity contribution < 1.29 is 34.8 Å². The highest BCUT2D eigenvalue weighted by Gasteiger charge is 2.65. The fraction of sp³-hybridized carbons (Fsp3) is 0.344. The van der Waals surface area contributed by atoms with E-state index < -0.39 is 52.6 Å². The van der Waals surface area contributed by atoms with Crippen LogP contribution >= 0.6 is 0 Å². The van der Waals surface area contributed by atoms with Crippen LogP contribution in [-0.2, 0) is 20.8 Å². The minimum absolute atomic E-state index is 0.0115. The molecule has 0 spiro atoms. The van der Waals surface area contributed by atoms with Gasteiger partial charge in [0.2, 0.25) is 11.6 Å². The number of phenols is 1. The van der Waals surface area contributed by atoms with Gasteiger partial charge in [-0.15, -0.1) is 0 Å². The molecule has 1 fully saturated rings. The molecule has 5 unspecified atom stereocenters. The van der Waals surface area contributed by atoms with Gasteiger partial charge in [-0.2, -0.15) is 0 Å². The second-order valence-electron chi connectivity index (χ2n) is 10.9. The lowest BCUT2D eigenvalue weighted by atomic mass is 9.54. The summed E-state index contributed by atoms with van der Waals surface area (Å²) in [4.78, 5) is 39.4. The molecule has 0 aliphatic heterocycles. The van der Waals surface area contributed by atoms with Gasteiger partial charge in [-0.1, -0.05) is 68.0 Å². The third-order valence-electron chi connectivity index (χ3n) is 8.72. The van der Waals surface area contributed by atoms with Crippen LogP contribution in [0.5, 0.6) is 5.75 Å². The summed E-state index contributed by atoms with van der Waals surface area (Å²) in [7, 11) is 0. The largest absolute Gasteiger partial charge is 0.507 e. The number of ketones is 3. The van der Waals surface area contributed by atoms with Gasteiger partial charge in [0.15, 0.2) is 11.4 Å². The molecule has 0 amide bonds. The van der Waals surface area contributed by atoms with Crippen LogP contribution in [0, 0.1) is 11.8 Å². The van der Waals surface area contributed by atoms with Gasteiger partial charge in [-0.3, -0.25) is 14.4 Å². The monoisotopic (exact) mass is 528 g/mol. The van der Waals surface area contributed by atoms with Crippen molar-refractivity contribution in [2.45, 2.75) is 58.2 Å². The first-order chi connectivity index (χ1) is 18.4. The van der Waals surface area contributed by atoms with Gasteiger partial charge in [0, 0.05) is 23.0 Å². The Kier molecular flexibility index (Phi) is 6.48. The molecular formula is C32H32O7. The van der Waals surface area contributed by atoms with Gasteiger partial charge < -0.3 is 20.4 Å². The molecule has 2 aromatic carbocycles. The van der Waals surface area contributed by atoms with Crippen molar-refractivity contribution in [1.29, 1.82) is 0 Å². The predicted octanol–water partition coefficient (Wildman–Crippen LogP) is 4.30. The first kappa shape index (κ1) is 26.8. The lowest BCUT2D eigenvalue weighted by Gasteiger charge is -2.50. The maximum Gasteiger partial charge on any atom is 0.206 e. The van der Waals surface area contributed by atoms with Crippen molar-refractivity contribution in [1.82, 2.24) is 0 Å². The number of carbonyl (C=O) groups is 3. The van der Waals surface area contributed by atoms with E-state index in [1.807, 2.05) is 30.3 Å². The van der Waals surface area contributed by atoms with Crippen LogP contribution in [0.4, 0.5) is 0 Å². The summed E-state index contributed by atoms with van der Waals surface area (Å²) >= 11 is 0. The van der Waals surface area contributed by atoms with Crippen LogP contribution in [0.15, 0.2) is 53.1 Å². The summed E-state index contributed by atoms with van der Waals surface area (Å²) in [6.45, 7) is 6.61. The van der Waals surface area contributed by atoms with E-state index in [1.54, 1.807) is 32.1 Å². The topological polar surface area (TPSA) is 132 Å². The third-order valence-corrected chi connectivity index (χ3v) is 8.72. The fourth-order valence-electron chi connectivity index (χ4n) is 6.59. The Morgan fingerprint density at radius 3 is 2.33 bits per heavy atom. The number of hydrogen-bond acceptors (Lipinski definition) is 7. The van der Waals surface area contributed by atoms with E-state index in [9.17, 15) is 34.8 Å². The molecule has 0 aromatic heterocycles. The number of aromatic hydroxyl groups is 1. The SMILES string of the molecule is CCc1ccc(/C=C/c2ccc3c(c2O)C(O)=C2C(=O)C4(O)C(=O)C(C(C)=O)=C(C)CC4C(O)C2C3C)cc1. The number of aliphatic hydroxyl groups is 3. The maximum absolute atomic E-state index is 13.8. The number of carbonyl (C=O) groups excluding carboxylic acids is 3. The van der Waals surface area contributed by atoms with Gasteiger partial charge in [-0.25, -0.2) is 0 Å². The van der Waals surface area contributed by atoms with Gasteiger partial charge >= 0.3 is 0 Å². The predicted molar refractivity (Wildman–Crippen MR) is 147 cm³/mol. The van der Waals surface area contributed by atoms with Gasteiger partial charge in [0.05, 0.1) is 17.2 Å². The molecule has 5 rings (SSSR count). The van der Waals surface area contributed by atoms with Crippen LogP contribution in [0.3, 0.4) is 0 Å². The molecule has 0 radical (unpaired) electrons. The van der Waals surface area contributed by atoms with Gasteiger partial charge in [0.25, 0.3) is 0 Å². The van der Waals surface area contributed by atoms with E-state index in [0.717, 1.165) is 12.0 Å². The maximum atomic E-state index is 13.8. The van der Waals surface area contributed by atoms with Crippen molar-refractivity contribution in [3.05, 3.63) is 80.9 Å². The van der Waals surface area contributed by atoms with Crippen molar-refractivity contribution in [2.75, 3.05) is 0 Å². The Morgan fingerprint density at radius 1 is 1.05 bits per heavy atom. The first-order valence-corrected chi connectivity index (χ1v) is 13.2. The van der Waals surface area contributed by atoms with E-state index in [4.69, 9.17) is 0 Å². The number of aryl methyl sites for hydroxylation is 1. The summed E-state index contributed by atoms with van der Waals surface area (Å²) in [6.07, 6.45) is 3.07. The highest BCUT2D eigenvalue weighted by atomic mass is 16.3. The van der Waals surface area contributed by atoms with Gasteiger partial charge in [-0.05, 0) is 49.3 Å². The van der Waals surface area contributed by atoms with E-state index in [2.05, 4.69) is 6.92 Å². The number of hydrogen-bond donors (Lipinski definition) is 4. The summed E-state index contributed by atoms with van der Waals surface area (Å²) in [6, 6.07) is 11.4. The zero-order valence-corrected chi connectivity index (χ0v) is 22.4. The minimum Gasteiger partial charge on any atom is -0.507 e. The van der Waals surface area contributed by atoms with Crippen molar-refractivity contribution in [2.24, 2.45) is 11.8 Å². The van der Waals surface area contributed by atoms with Crippen LogP contribution in [0.25, 0.3) is 17.9 Å². The van der Waals surface area contributed by atoms with E-state index in [-0.39, 0.29) is 28.9 Å². The Bertz CT molecular complexity index is 1510. The molecule has 39 heavy (non-hydrogen) atoms. The standard InChI is InChI=1S/C32H32O7/c1-5-18-6-8-19(9-7-18)10-11-20-12-13-21-16(3)24-26(29(36)25(21)27(20)34)31(38)32(39)22(28(24)35)14-15(2)23(17(4)33)30(32)37/h6-13,16,22,24,28,34-36,39H,5,14H2,1-4H3/b11-10+. The molecule has 0 bridgehead atoms. The number of phenolic OH excluding ortho intramolecular Hbond substituents is 1. The van der Waals surface area contributed by atoms with Crippen LogP contribution in [0.1, 0.15) is 67.9 Å². The minimum atomic E-state index is -2.69. The average Bonchev–Trinajstić information content (AvgIpc) is 2.90. The van der Waals surface area contributed by atoms with Crippen molar-refractivity contribution in [3.8, 4) is 5.75 Å². The number of aliphatic hydroxyl groups excluding tert-OH is 2. The number of benzene rings is 2. The van der Waals surface area contributed by atoms with Crippen molar-refractivity contribution >= 4 is 35.3 Å². The second-order valence-corrected chi connectivity index (χ2v) is 10.9. The van der Waals surface area contributed by atoms with Crippen molar-refractivity contribution in [3.63, 3.8) is 0 Å². The quantitative estimate of drug-likeness (QED) is 0.264. The first-order valence-electron chi connectivity index (χ1n) is 13.2. The molecule has 0 saturated heterocycles. The molecule has 3 aliphatic rings. The zero-order chi connectivity index (χ0) is 28.4. The lowest BCUT2D eigenvalue weighted by molar-refractivity contribution is -0.167. The van der Waals surface area contributed by atoms with Gasteiger partial charge in [0.1, 0.15) is 11.5 Å². The summed E-state index contributed by atoms with van der Waals surface area (Å²) in [5.41, 5.74) is 0.258. The second kappa shape index (κ2) is 9.43. The molecule has 1 saturated carbocycles. The summed E-state index contributed by atoms with van der Waals surface area (Å²) in [5.74, 6) is -6.09. The summed E-state index contributed by atoms with van der Waals surface area (Å²) < 4.78 is 0. The molecule has 0 heterocycles. The van der Waals surface area contributed by atoms with E-state index in [1.165, 1.54) is 12.5 Å². The highest BCUT2D eigenvalue weighted by Crippen LogP contribution is 2.55. The Labute approximate surface area is 226 Å². The Hall–Kier alpha value is -3.81. The van der Waals surface area contributed by atoms with E-state index >= 15 is 0 Å². The Balaban J connectivity index is 1.62. The summed E-state index contributed by atoms with van der Waals surface area (Å²) in [5, 5.41) is 45.6. The third kappa shape index (κ3) is 3.83. The molecule has 3 aliphatic carbocycles. The average molecular weight is 529 g/mol. The smallest absolute Gasteiger partial charge is 0.206 e. The number of Topliss-reactive ketones (excluding diaryl/α,β-unsaturated/α-hetero) is 3. The Morgan fingerprint density at radius 2 is 1.72 bits per heavy atom. The molecule has 2 aromatic rings. The molecule has 202 valence electrons. The van der Waals surface area contributed by atoms with E-state index in [0.29, 0.717) is 16.7 Å².